The molecule has 1 aliphatic heterocycles. The fourth-order valence-corrected chi connectivity index (χ4v) is 1.80. The molecule has 1 fully saturated rings. The van der Waals surface area contributed by atoms with Gasteiger partial charge in [-0.2, -0.15) is 0 Å². The summed E-state index contributed by atoms with van der Waals surface area (Å²) in [5, 5.41) is 14.1. The maximum absolute atomic E-state index is 12.0. The van der Waals surface area contributed by atoms with Crippen LogP contribution in [0.2, 0.25) is 0 Å². The minimum absolute atomic E-state index is 0.00416. The van der Waals surface area contributed by atoms with E-state index in [1.165, 1.54) is 23.4 Å². The molecule has 0 spiro atoms. The van der Waals surface area contributed by atoms with E-state index in [9.17, 15) is 14.4 Å². The van der Waals surface area contributed by atoms with Crippen molar-refractivity contribution < 1.29 is 19.5 Å². The Hall–Kier alpha value is -2.64. The first kappa shape index (κ1) is 13.8. The van der Waals surface area contributed by atoms with Gasteiger partial charge in [0.1, 0.15) is 0 Å². The van der Waals surface area contributed by atoms with Crippen molar-refractivity contribution in [2.75, 3.05) is 25.0 Å². The molecule has 1 aromatic rings. The Balaban J connectivity index is 2.02. The van der Waals surface area contributed by atoms with Gasteiger partial charge in [-0.15, -0.1) is 0 Å². The van der Waals surface area contributed by atoms with E-state index >= 15 is 0 Å². The summed E-state index contributed by atoms with van der Waals surface area (Å²) in [7, 11) is 0. The summed E-state index contributed by atoms with van der Waals surface area (Å²) in [5.41, 5.74) is 0.300. The van der Waals surface area contributed by atoms with E-state index in [4.69, 9.17) is 5.11 Å². The van der Waals surface area contributed by atoms with Gasteiger partial charge in [0.05, 0.1) is 17.4 Å². The standard InChI is InChI=1S/C12H14N4O4/c17-10-1-3-16(4-2-14-10)12(20)15-9-5-8(11(18)19)6-13-7-9/h5-7H,1-4H2,(H,14,17)(H,15,20)(H,18,19). The van der Waals surface area contributed by atoms with Crippen LogP contribution < -0.4 is 10.6 Å². The van der Waals surface area contributed by atoms with Crippen LogP contribution in [0.3, 0.4) is 0 Å². The second kappa shape index (κ2) is 6.00. The lowest BCUT2D eigenvalue weighted by molar-refractivity contribution is -0.120. The van der Waals surface area contributed by atoms with Crippen LogP contribution in [0, 0.1) is 0 Å². The average molecular weight is 278 g/mol. The van der Waals surface area contributed by atoms with Crippen LogP contribution in [0.4, 0.5) is 10.5 Å². The van der Waals surface area contributed by atoms with Crippen LogP contribution in [-0.4, -0.2) is 52.5 Å². The topological polar surface area (TPSA) is 112 Å². The molecule has 0 saturated carbocycles. The number of nitrogens with one attached hydrogen (secondary N) is 2. The van der Waals surface area contributed by atoms with Gasteiger partial charge in [0.25, 0.3) is 0 Å². The Morgan fingerprint density at radius 3 is 2.90 bits per heavy atom. The largest absolute Gasteiger partial charge is 0.478 e. The highest BCUT2D eigenvalue weighted by atomic mass is 16.4. The predicted molar refractivity (Wildman–Crippen MR) is 69.4 cm³/mol. The SMILES string of the molecule is O=C1CCN(C(=O)Nc2cncc(C(=O)O)c2)CCN1. The summed E-state index contributed by atoms with van der Waals surface area (Å²) in [6.45, 7) is 1.13. The highest BCUT2D eigenvalue weighted by Gasteiger charge is 2.18. The van der Waals surface area contributed by atoms with Crippen LogP contribution in [0.25, 0.3) is 0 Å². The van der Waals surface area contributed by atoms with E-state index in [1.54, 1.807) is 0 Å². The van der Waals surface area contributed by atoms with Gasteiger partial charge < -0.3 is 20.6 Å². The number of amides is 3. The fraction of sp³-hybridized carbons (Fsp3) is 0.333. The van der Waals surface area contributed by atoms with Gasteiger partial charge in [0.2, 0.25) is 5.91 Å². The number of rotatable bonds is 2. The maximum atomic E-state index is 12.0. The third-order valence-corrected chi connectivity index (χ3v) is 2.84. The number of carboxylic acids is 1. The van der Waals surface area contributed by atoms with Crippen LogP contribution in [0.5, 0.6) is 0 Å². The highest BCUT2D eigenvalue weighted by Crippen LogP contribution is 2.10. The molecule has 2 rings (SSSR count). The summed E-state index contributed by atoms with van der Waals surface area (Å²) in [6, 6.07) is 0.944. The third kappa shape index (κ3) is 3.44. The molecule has 0 aromatic carbocycles. The van der Waals surface area contributed by atoms with Crippen molar-refractivity contribution >= 4 is 23.6 Å². The van der Waals surface area contributed by atoms with Crippen molar-refractivity contribution in [3.63, 3.8) is 0 Å². The van der Waals surface area contributed by atoms with E-state index in [-0.39, 0.29) is 23.9 Å². The van der Waals surface area contributed by atoms with Gasteiger partial charge >= 0.3 is 12.0 Å². The van der Waals surface area contributed by atoms with Crippen molar-refractivity contribution in [1.29, 1.82) is 0 Å². The first-order valence-corrected chi connectivity index (χ1v) is 6.07. The molecule has 106 valence electrons. The molecule has 8 nitrogen and oxygen atoms in total. The molecule has 8 heteroatoms. The first-order valence-electron chi connectivity index (χ1n) is 6.07. The Morgan fingerprint density at radius 2 is 2.15 bits per heavy atom. The summed E-state index contributed by atoms with van der Waals surface area (Å²) in [6.07, 6.45) is 2.82. The number of hydrogen-bond acceptors (Lipinski definition) is 4. The molecule has 0 aliphatic carbocycles. The van der Waals surface area contributed by atoms with Crippen LogP contribution >= 0.6 is 0 Å². The van der Waals surface area contributed by atoms with Crippen molar-refractivity contribution in [2.45, 2.75) is 6.42 Å². The molecular weight excluding hydrogens is 264 g/mol. The molecule has 0 unspecified atom stereocenters. The maximum Gasteiger partial charge on any atom is 0.337 e. The van der Waals surface area contributed by atoms with E-state index < -0.39 is 5.97 Å². The smallest absolute Gasteiger partial charge is 0.337 e. The molecule has 0 bridgehead atoms. The van der Waals surface area contributed by atoms with Crippen molar-refractivity contribution in [2.24, 2.45) is 0 Å². The lowest BCUT2D eigenvalue weighted by Crippen LogP contribution is -2.37. The molecule has 3 amide bonds. The Labute approximate surface area is 114 Å². The molecule has 1 aromatic heterocycles. The quantitative estimate of drug-likeness (QED) is 0.712. The second-order valence-corrected chi connectivity index (χ2v) is 4.28. The molecule has 20 heavy (non-hydrogen) atoms. The number of carboxylic acid groups (broad SMARTS) is 1. The summed E-state index contributed by atoms with van der Waals surface area (Å²) in [4.78, 5) is 39.3. The summed E-state index contributed by atoms with van der Waals surface area (Å²) in [5.74, 6) is -1.20. The monoisotopic (exact) mass is 278 g/mol. The zero-order valence-electron chi connectivity index (χ0n) is 10.6. The lowest BCUT2D eigenvalue weighted by Gasteiger charge is -2.19. The summed E-state index contributed by atoms with van der Waals surface area (Å²) < 4.78 is 0. The Kier molecular flexibility index (Phi) is 4.14. The van der Waals surface area contributed by atoms with Gasteiger partial charge in [-0.3, -0.25) is 9.78 Å². The van der Waals surface area contributed by atoms with Gasteiger partial charge in [-0.25, -0.2) is 9.59 Å². The van der Waals surface area contributed by atoms with E-state index in [0.717, 1.165) is 0 Å². The minimum atomic E-state index is -1.11. The van der Waals surface area contributed by atoms with E-state index in [0.29, 0.717) is 25.3 Å². The number of carbonyl (C=O) groups is 3. The van der Waals surface area contributed by atoms with Crippen molar-refractivity contribution in [1.82, 2.24) is 15.2 Å². The third-order valence-electron chi connectivity index (χ3n) is 2.84. The van der Waals surface area contributed by atoms with E-state index in [2.05, 4.69) is 15.6 Å². The average Bonchev–Trinajstić information content (AvgIpc) is 2.64. The number of carbonyl (C=O) groups excluding carboxylic acids is 2. The molecule has 1 saturated heterocycles. The molecule has 0 atom stereocenters. The fourth-order valence-electron chi connectivity index (χ4n) is 1.80. The molecule has 1 aliphatic rings. The first-order chi connectivity index (χ1) is 9.56. The van der Waals surface area contributed by atoms with Crippen molar-refractivity contribution in [3.8, 4) is 0 Å². The van der Waals surface area contributed by atoms with Gasteiger partial charge in [-0.05, 0) is 6.07 Å². The molecule has 3 N–H and O–H groups in total. The van der Waals surface area contributed by atoms with E-state index in [1.807, 2.05) is 0 Å². The molecule has 0 radical (unpaired) electrons. The van der Waals surface area contributed by atoms with Gasteiger partial charge in [-0.1, -0.05) is 0 Å². The zero-order valence-corrected chi connectivity index (χ0v) is 10.6. The van der Waals surface area contributed by atoms with Gasteiger partial charge in [0.15, 0.2) is 0 Å². The number of aromatic carboxylic acids is 1. The Morgan fingerprint density at radius 1 is 1.35 bits per heavy atom. The zero-order chi connectivity index (χ0) is 14.5. The van der Waals surface area contributed by atoms with Crippen molar-refractivity contribution in [3.05, 3.63) is 24.0 Å². The van der Waals surface area contributed by atoms with Crippen LogP contribution in [0.1, 0.15) is 16.8 Å². The lowest BCUT2D eigenvalue weighted by atomic mass is 10.2. The predicted octanol–water partition coefficient (Wildman–Crippen LogP) is 0.134. The molecule has 2 heterocycles. The normalized spacial score (nSPS) is 15.2. The minimum Gasteiger partial charge on any atom is -0.478 e. The Bertz CT molecular complexity index is 546. The van der Waals surface area contributed by atoms with Crippen LogP contribution in [-0.2, 0) is 4.79 Å². The number of aromatic nitrogens is 1. The van der Waals surface area contributed by atoms with Gasteiger partial charge in [0, 0.05) is 32.3 Å². The highest BCUT2D eigenvalue weighted by molar-refractivity contribution is 5.93. The number of anilines is 1. The number of nitrogens with zero attached hydrogens (tertiary/aromatic N) is 2. The number of urea groups is 1. The second-order valence-electron chi connectivity index (χ2n) is 4.28. The number of hydrogen-bond donors (Lipinski definition) is 3. The molecular formula is C12H14N4O4. The number of pyridine rings is 1. The van der Waals surface area contributed by atoms with Crippen LogP contribution in [0.15, 0.2) is 18.5 Å². The summed E-state index contributed by atoms with van der Waals surface area (Å²) >= 11 is 0.